The highest BCUT2D eigenvalue weighted by Gasteiger charge is 2.36. The predicted octanol–water partition coefficient (Wildman–Crippen LogP) is 5.98. The van der Waals surface area contributed by atoms with Crippen molar-refractivity contribution in [3.8, 4) is 11.5 Å². The largest absolute Gasteiger partial charge is 0.497 e. The van der Waals surface area contributed by atoms with Crippen LogP contribution < -0.4 is 24.4 Å². The third-order valence-electron chi connectivity index (χ3n) is 7.11. The van der Waals surface area contributed by atoms with Crippen LogP contribution >= 0.6 is 0 Å². The molecule has 1 atom stereocenters. The number of amides is 2. The van der Waals surface area contributed by atoms with Gasteiger partial charge in [0.15, 0.2) is 0 Å². The van der Waals surface area contributed by atoms with Crippen molar-refractivity contribution in [2.45, 2.75) is 83.1 Å². The highest BCUT2D eigenvalue weighted by molar-refractivity contribution is 7.90. The third kappa shape index (κ3) is 6.50. The number of carbonyl (C=O) groups excluding carboxylic acids is 1. The molecule has 0 fully saturated rings. The van der Waals surface area contributed by atoms with Crippen LogP contribution in [0.3, 0.4) is 0 Å². The summed E-state index contributed by atoms with van der Waals surface area (Å²) in [4.78, 5) is 15.2. The second-order valence-corrected chi connectivity index (χ2v) is 12.1. The van der Waals surface area contributed by atoms with Gasteiger partial charge in [0.05, 0.1) is 14.2 Å². The van der Waals surface area contributed by atoms with E-state index in [2.05, 4.69) is 48.7 Å². The van der Waals surface area contributed by atoms with Crippen LogP contribution in [0.25, 0.3) is 0 Å². The molecule has 0 saturated heterocycles. The molecule has 2 N–H and O–H groups in total. The molecule has 0 radical (unpaired) electrons. The molecule has 0 spiro atoms. The van der Waals surface area contributed by atoms with Crippen LogP contribution in [0.15, 0.2) is 35.2 Å². The molecule has 0 saturated carbocycles. The molecule has 2 aromatic rings. The van der Waals surface area contributed by atoms with Crippen molar-refractivity contribution in [1.82, 2.24) is 4.72 Å². The quantitative estimate of drug-likeness (QED) is 0.366. The topological polar surface area (TPSA) is 97.0 Å². The van der Waals surface area contributed by atoms with E-state index in [0.29, 0.717) is 17.5 Å². The fourth-order valence-corrected chi connectivity index (χ4v) is 6.26. The standard InChI is InChI=1S/C28H41N3O5S/c1-8-9-10-11-14-31-20(3)18-28(4,5)22-17-23(19(2)15-24(22)31)29-27(32)30-37(33,34)26-16-21(35-6)12-13-25(26)36-7/h12-13,15-17,20H,8-11,14,18H2,1-7H3,(H2,29,30,32). The smallest absolute Gasteiger partial charge is 0.333 e. The first-order chi connectivity index (χ1) is 17.4. The number of hydrogen-bond acceptors (Lipinski definition) is 6. The van der Waals surface area contributed by atoms with Gasteiger partial charge in [-0.1, -0.05) is 40.0 Å². The highest BCUT2D eigenvalue weighted by atomic mass is 32.2. The van der Waals surface area contributed by atoms with Crippen LogP contribution in [-0.4, -0.2) is 41.3 Å². The number of carbonyl (C=O) groups is 1. The Balaban J connectivity index is 1.86. The van der Waals surface area contributed by atoms with E-state index in [-0.39, 0.29) is 16.1 Å². The van der Waals surface area contributed by atoms with Crippen LogP contribution in [0.2, 0.25) is 0 Å². The van der Waals surface area contributed by atoms with E-state index in [1.165, 1.54) is 51.3 Å². The van der Waals surface area contributed by atoms with E-state index in [1.807, 2.05) is 13.0 Å². The molecule has 1 aliphatic rings. The number of methoxy groups -OCH3 is 2. The molecule has 0 aliphatic carbocycles. The van der Waals surface area contributed by atoms with Gasteiger partial charge in [-0.25, -0.2) is 17.9 Å². The van der Waals surface area contributed by atoms with Gasteiger partial charge in [-0.3, -0.25) is 0 Å². The molecule has 8 nitrogen and oxygen atoms in total. The third-order valence-corrected chi connectivity index (χ3v) is 8.46. The number of rotatable bonds is 10. The zero-order valence-corrected chi connectivity index (χ0v) is 23.9. The number of anilines is 2. The fraction of sp³-hybridized carbons (Fsp3) is 0.536. The maximum absolute atomic E-state index is 13.0. The van der Waals surface area contributed by atoms with E-state index < -0.39 is 16.1 Å². The number of ether oxygens (including phenoxy) is 2. The van der Waals surface area contributed by atoms with Crippen LogP contribution in [0, 0.1) is 6.92 Å². The lowest BCUT2D eigenvalue weighted by atomic mass is 9.74. The van der Waals surface area contributed by atoms with Crippen molar-refractivity contribution in [1.29, 1.82) is 0 Å². The van der Waals surface area contributed by atoms with Crippen molar-refractivity contribution in [3.05, 3.63) is 41.5 Å². The van der Waals surface area contributed by atoms with Crippen LogP contribution in [0.1, 0.15) is 70.9 Å². The second-order valence-electron chi connectivity index (χ2n) is 10.5. The predicted molar refractivity (Wildman–Crippen MR) is 149 cm³/mol. The summed E-state index contributed by atoms with van der Waals surface area (Å²) in [5, 5.41) is 2.76. The van der Waals surface area contributed by atoms with E-state index in [9.17, 15) is 13.2 Å². The number of fused-ring (bicyclic) bond motifs is 1. The summed E-state index contributed by atoms with van der Waals surface area (Å²) in [5.74, 6) is 0.448. The number of nitrogens with one attached hydrogen (secondary N) is 2. The number of hydrogen-bond donors (Lipinski definition) is 2. The number of nitrogens with zero attached hydrogens (tertiary/aromatic N) is 1. The molecule has 2 amide bonds. The summed E-state index contributed by atoms with van der Waals surface area (Å²) in [7, 11) is -1.41. The zero-order valence-electron chi connectivity index (χ0n) is 23.1. The molecule has 1 aliphatic heterocycles. The lowest BCUT2D eigenvalue weighted by molar-refractivity contribution is 0.256. The van der Waals surface area contributed by atoms with Crippen LogP contribution in [0.4, 0.5) is 16.2 Å². The molecule has 0 bridgehead atoms. The number of aryl methyl sites for hydroxylation is 1. The molecular formula is C28H41N3O5S. The normalized spacial score (nSPS) is 16.6. The summed E-state index contributed by atoms with van der Waals surface area (Å²) in [6.45, 7) is 11.9. The average Bonchev–Trinajstić information content (AvgIpc) is 2.83. The highest BCUT2D eigenvalue weighted by Crippen LogP contribution is 2.44. The molecule has 3 rings (SSSR count). The Labute approximate surface area is 221 Å². The monoisotopic (exact) mass is 531 g/mol. The van der Waals surface area contributed by atoms with Gasteiger partial charge in [0.2, 0.25) is 0 Å². The molecular weight excluding hydrogens is 490 g/mol. The Morgan fingerprint density at radius 3 is 2.49 bits per heavy atom. The lowest BCUT2D eigenvalue weighted by Gasteiger charge is -2.45. The molecule has 1 heterocycles. The minimum Gasteiger partial charge on any atom is -0.497 e. The van der Waals surface area contributed by atoms with Gasteiger partial charge in [0, 0.05) is 30.0 Å². The fourth-order valence-electron chi connectivity index (χ4n) is 5.17. The SMILES string of the molecule is CCCCCCN1c2cc(C)c(NC(=O)NS(=O)(=O)c3cc(OC)ccc3OC)cc2C(C)(C)CC1C. The molecule has 204 valence electrons. The summed E-state index contributed by atoms with van der Waals surface area (Å²) in [6, 6.07) is 8.06. The van der Waals surface area contributed by atoms with E-state index in [0.717, 1.165) is 30.5 Å². The Bertz CT molecular complexity index is 1230. The molecule has 9 heteroatoms. The first kappa shape index (κ1) is 28.6. The first-order valence-corrected chi connectivity index (χ1v) is 14.4. The molecule has 0 aromatic heterocycles. The van der Waals surface area contributed by atoms with Gasteiger partial charge >= 0.3 is 6.03 Å². The maximum Gasteiger partial charge on any atom is 0.333 e. The van der Waals surface area contributed by atoms with Gasteiger partial charge in [-0.2, -0.15) is 0 Å². The minimum atomic E-state index is -4.21. The zero-order chi connectivity index (χ0) is 27.4. The lowest BCUT2D eigenvalue weighted by Crippen LogP contribution is -2.44. The second kappa shape index (κ2) is 11.6. The summed E-state index contributed by atoms with van der Waals surface area (Å²) >= 11 is 0. The Morgan fingerprint density at radius 2 is 1.84 bits per heavy atom. The summed E-state index contributed by atoms with van der Waals surface area (Å²) in [5.41, 5.74) is 3.71. The van der Waals surface area contributed by atoms with Gasteiger partial charge in [0.1, 0.15) is 16.4 Å². The molecule has 37 heavy (non-hydrogen) atoms. The Hall–Kier alpha value is -2.94. The minimum absolute atomic E-state index is 0.0880. The van der Waals surface area contributed by atoms with Gasteiger partial charge in [0.25, 0.3) is 10.0 Å². The first-order valence-electron chi connectivity index (χ1n) is 12.9. The molecule has 1 unspecified atom stereocenters. The van der Waals surface area contributed by atoms with Crippen molar-refractivity contribution in [2.24, 2.45) is 0 Å². The molecule has 2 aromatic carbocycles. The van der Waals surface area contributed by atoms with Gasteiger partial charge in [-0.05, 0) is 67.5 Å². The number of benzene rings is 2. The van der Waals surface area contributed by atoms with E-state index in [4.69, 9.17) is 9.47 Å². The van der Waals surface area contributed by atoms with Crippen molar-refractivity contribution in [2.75, 3.05) is 31.0 Å². The van der Waals surface area contributed by atoms with Crippen LogP contribution in [0.5, 0.6) is 11.5 Å². The van der Waals surface area contributed by atoms with Gasteiger partial charge in [-0.15, -0.1) is 0 Å². The Morgan fingerprint density at radius 1 is 1.11 bits per heavy atom. The average molecular weight is 532 g/mol. The van der Waals surface area contributed by atoms with Gasteiger partial charge < -0.3 is 19.7 Å². The van der Waals surface area contributed by atoms with Crippen molar-refractivity contribution in [3.63, 3.8) is 0 Å². The van der Waals surface area contributed by atoms with Crippen molar-refractivity contribution >= 4 is 27.4 Å². The number of sulfonamides is 1. The summed E-state index contributed by atoms with van der Waals surface area (Å²) < 4.78 is 38.5. The maximum atomic E-state index is 13.0. The Kier molecular flexibility index (Phi) is 9.00. The van der Waals surface area contributed by atoms with E-state index in [1.54, 1.807) is 6.07 Å². The summed E-state index contributed by atoms with van der Waals surface area (Å²) in [6.07, 6.45) is 5.79. The van der Waals surface area contributed by atoms with Crippen LogP contribution in [-0.2, 0) is 15.4 Å². The number of unbranched alkanes of at least 4 members (excludes halogenated alkanes) is 3. The number of urea groups is 1. The van der Waals surface area contributed by atoms with E-state index >= 15 is 0 Å². The van der Waals surface area contributed by atoms with Crippen molar-refractivity contribution < 1.29 is 22.7 Å².